The van der Waals surface area contributed by atoms with E-state index in [2.05, 4.69) is 0 Å². The Morgan fingerprint density at radius 2 is 1.67 bits per heavy atom. The van der Waals surface area contributed by atoms with Crippen LogP contribution >= 0.6 is 0 Å². The Balaban J connectivity index is 1.63. The molecular formula is C22H26NO4+. The maximum absolute atomic E-state index is 5.88. The van der Waals surface area contributed by atoms with Crippen molar-refractivity contribution in [2.45, 2.75) is 20.1 Å². The van der Waals surface area contributed by atoms with Gasteiger partial charge < -0.3 is 18.6 Å². The van der Waals surface area contributed by atoms with Gasteiger partial charge >= 0.3 is 5.89 Å². The van der Waals surface area contributed by atoms with E-state index < -0.39 is 0 Å². The van der Waals surface area contributed by atoms with E-state index in [4.69, 9.17) is 18.6 Å². The molecule has 5 heteroatoms. The molecule has 2 aromatic carbocycles. The van der Waals surface area contributed by atoms with Crippen LogP contribution in [0.25, 0.3) is 23.3 Å². The Kier molecular flexibility index (Phi) is 6.63. The smallest absolute Gasteiger partial charge is 0.373 e. The molecule has 0 aliphatic rings. The molecule has 0 saturated carbocycles. The van der Waals surface area contributed by atoms with Gasteiger partial charge in [-0.2, -0.15) is 4.57 Å². The molecule has 0 N–H and O–H groups in total. The molecule has 3 rings (SSSR count). The maximum atomic E-state index is 5.88. The minimum absolute atomic E-state index is 0.340. The quantitative estimate of drug-likeness (QED) is 0.419. The van der Waals surface area contributed by atoms with Crippen LogP contribution in [0.3, 0.4) is 0 Å². The second-order valence-electron chi connectivity index (χ2n) is 6.02. The largest absolute Gasteiger partial charge is 0.488 e. The molecule has 5 nitrogen and oxygen atoms in total. The first kappa shape index (κ1) is 19.1. The van der Waals surface area contributed by atoms with Crippen molar-refractivity contribution < 1.29 is 23.2 Å². The molecule has 0 atom stereocenters. The van der Waals surface area contributed by atoms with E-state index in [1.807, 2.05) is 86.1 Å². The summed E-state index contributed by atoms with van der Waals surface area (Å²) in [6, 6.07) is 15.9. The molecular weight excluding hydrogens is 342 g/mol. The number of aromatic nitrogens is 1. The lowest BCUT2D eigenvalue weighted by molar-refractivity contribution is -0.651. The van der Waals surface area contributed by atoms with Crippen LogP contribution in [0.5, 0.6) is 5.75 Å². The number of benzene rings is 2. The van der Waals surface area contributed by atoms with Crippen molar-refractivity contribution >= 4 is 23.3 Å². The van der Waals surface area contributed by atoms with Gasteiger partial charge in [-0.25, -0.2) is 0 Å². The normalized spacial score (nSPS) is 11.7. The summed E-state index contributed by atoms with van der Waals surface area (Å²) in [4.78, 5) is 0. The van der Waals surface area contributed by atoms with E-state index in [0.29, 0.717) is 19.8 Å². The molecule has 0 saturated heterocycles. The van der Waals surface area contributed by atoms with E-state index in [1.54, 1.807) is 0 Å². The third-order valence-corrected chi connectivity index (χ3v) is 4.16. The summed E-state index contributed by atoms with van der Waals surface area (Å²) in [5.74, 6) is 1.58. The Morgan fingerprint density at radius 3 is 2.33 bits per heavy atom. The minimum atomic E-state index is -0.340. The third kappa shape index (κ3) is 4.96. The van der Waals surface area contributed by atoms with Crippen LogP contribution in [0.15, 0.2) is 52.9 Å². The molecule has 0 bridgehead atoms. The number of nitrogens with zero attached hydrogens (tertiary/aromatic N) is 1. The van der Waals surface area contributed by atoms with Crippen molar-refractivity contribution in [3.63, 3.8) is 0 Å². The lowest BCUT2D eigenvalue weighted by Gasteiger charge is -2.17. The highest BCUT2D eigenvalue weighted by molar-refractivity contribution is 5.72. The van der Waals surface area contributed by atoms with Gasteiger partial charge in [0.15, 0.2) is 6.29 Å². The van der Waals surface area contributed by atoms with Crippen LogP contribution in [-0.2, 0) is 16.5 Å². The Hall–Kier alpha value is -2.63. The van der Waals surface area contributed by atoms with Crippen LogP contribution in [0.4, 0.5) is 0 Å². The summed E-state index contributed by atoms with van der Waals surface area (Å²) in [5, 5.41) is 0. The zero-order valence-corrected chi connectivity index (χ0v) is 16.1. The number of hydrogen-bond donors (Lipinski definition) is 0. The molecule has 0 spiro atoms. The van der Waals surface area contributed by atoms with Crippen LogP contribution in [0.2, 0.25) is 0 Å². The number of aryl methyl sites for hydroxylation is 1. The predicted molar refractivity (Wildman–Crippen MR) is 105 cm³/mol. The van der Waals surface area contributed by atoms with Crippen molar-refractivity contribution in [3.8, 4) is 5.75 Å². The summed E-state index contributed by atoms with van der Waals surface area (Å²) in [5.41, 5.74) is 3.01. The van der Waals surface area contributed by atoms with Gasteiger partial charge in [0.1, 0.15) is 19.4 Å². The van der Waals surface area contributed by atoms with Crippen LogP contribution in [0.1, 0.15) is 25.3 Å². The van der Waals surface area contributed by atoms with E-state index in [0.717, 1.165) is 28.3 Å². The number of fused-ring (bicyclic) bond motifs is 1. The molecule has 0 amide bonds. The Bertz CT molecular complexity index is 877. The second-order valence-corrected chi connectivity index (χ2v) is 6.02. The lowest BCUT2D eigenvalue weighted by atomic mass is 10.2. The number of oxazole rings is 1. The minimum Gasteiger partial charge on any atom is -0.488 e. The number of ether oxygens (including phenoxy) is 3. The van der Waals surface area contributed by atoms with Gasteiger partial charge in [-0.1, -0.05) is 24.3 Å². The number of rotatable bonds is 9. The van der Waals surface area contributed by atoms with Crippen molar-refractivity contribution in [1.82, 2.24) is 0 Å². The molecule has 142 valence electrons. The molecule has 0 fully saturated rings. The van der Waals surface area contributed by atoms with Crippen LogP contribution in [0, 0.1) is 0 Å². The predicted octanol–water partition coefficient (Wildman–Crippen LogP) is 4.21. The molecule has 0 aliphatic carbocycles. The first-order chi connectivity index (χ1) is 13.2. The molecule has 1 heterocycles. The van der Waals surface area contributed by atoms with Gasteiger partial charge in [0.25, 0.3) is 5.52 Å². The van der Waals surface area contributed by atoms with Gasteiger partial charge in [-0.05, 0) is 43.7 Å². The third-order valence-electron chi connectivity index (χ3n) is 4.16. The van der Waals surface area contributed by atoms with E-state index >= 15 is 0 Å². The first-order valence-corrected chi connectivity index (χ1v) is 9.23. The fraction of sp³-hybridized carbons (Fsp3) is 0.318. The standard InChI is InChI=1S/C22H26NO4/c1-4-24-22(25-5-2)16-26-18-13-10-17(11-14-18)12-15-21-23(3)19-8-6-7-9-20(19)27-21/h6-15,22H,4-5,16H2,1-3H3/q+1. The highest BCUT2D eigenvalue weighted by Gasteiger charge is 2.15. The molecule has 0 radical (unpaired) electrons. The summed E-state index contributed by atoms with van der Waals surface area (Å²) in [7, 11) is 2.00. The number of hydrogen-bond acceptors (Lipinski definition) is 4. The van der Waals surface area contributed by atoms with Crippen molar-refractivity contribution in [3.05, 3.63) is 60.0 Å². The Morgan fingerprint density at radius 1 is 0.963 bits per heavy atom. The fourth-order valence-electron chi connectivity index (χ4n) is 2.79. The van der Waals surface area contributed by atoms with Gasteiger partial charge in [0.2, 0.25) is 5.58 Å². The molecule has 1 aromatic heterocycles. The van der Waals surface area contributed by atoms with Crippen molar-refractivity contribution in [2.24, 2.45) is 7.05 Å². The molecule has 0 unspecified atom stereocenters. The lowest BCUT2D eigenvalue weighted by Crippen LogP contribution is -2.29. The van der Waals surface area contributed by atoms with Crippen LogP contribution < -0.4 is 9.30 Å². The monoisotopic (exact) mass is 368 g/mol. The van der Waals surface area contributed by atoms with Gasteiger partial charge in [-0.3, -0.25) is 0 Å². The van der Waals surface area contributed by atoms with Crippen LogP contribution in [-0.4, -0.2) is 26.1 Å². The van der Waals surface area contributed by atoms with Gasteiger partial charge in [0.05, 0.1) is 6.08 Å². The number of para-hydroxylation sites is 2. The van der Waals surface area contributed by atoms with E-state index in [9.17, 15) is 0 Å². The van der Waals surface area contributed by atoms with Gasteiger partial charge in [0, 0.05) is 19.3 Å². The molecule has 0 aliphatic heterocycles. The average molecular weight is 368 g/mol. The van der Waals surface area contributed by atoms with Crippen molar-refractivity contribution in [1.29, 1.82) is 0 Å². The zero-order chi connectivity index (χ0) is 19.1. The topological polar surface area (TPSA) is 44.7 Å². The van der Waals surface area contributed by atoms with Gasteiger partial charge in [-0.15, -0.1) is 0 Å². The summed E-state index contributed by atoms with van der Waals surface area (Å²) >= 11 is 0. The fourth-order valence-corrected chi connectivity index (χ4v) is 2.79. The highest BCUT2D eigenvalue weighted by Crippen LogP contribution is 2.17. The average Bonchev–Trinajstić information content (AvgIpc) is 3.02. The summed E-state index contributed by atoms with van der Waals surface area (Å²) in [6.07, 6.45) is 3.65. The van der Waals surface area contributed by atoms with E-state index in [1.165, 1.54) is 0 Å². The van der Waals surface area contributed by atoms with E-state index in [-0.39, 0.29) is 6.29 Å². The summed E-state index contributed by atoms with van der Waals surface area (Å²) in [6.45, 7) is 5.43. The SMILES string of the molecule is CCOC(COc1ccc(C=Cc2oc3ccccc3[n+]2C)cc1)OCC. The highest BCUT2D eigenvalue weighted by atomic mass is 16.7. The maximum Gasteiger partial charge on any atom is 0.373 e. The molecule has 27 heavy (non-hydrogen) atoms. The first-order valence-electron chi connectivity index (χ1n) is 9.23. The zero-order valence-electron chi connectivity index (χ0n) is 16.1. The second kappa shape index (κ2) is 9.35. The van der Waals surface area contributed by atoms with Crippen molar-refractivity contribution in [2.75, 3.05) is 19.8 Å². The Labute approximate surface area is 159 Å². The molecule has 3 aromatic rings. The summed E-state index contributed by atoms with van der Waals surface area (Å²) < 4.78 is 24.6.